The first-order valence-electron chi connectivity index (χ1n) is 6.11. The maximum atomic E-state index is 12.1. The van der Waals surface area contributed by atoms with Crippen LogP contribution in [0, 0.1) is 5.92 Å². The molecule has 1 saturated carbocycles. The number of carbonyl (C=O) groups excluding carboxylic acids is 1. The number of anilines is 1. The third kappa shape index (κ3) is 4.37. The molecule has 0 spiro atoms. The molecule has 1 aromatic rings. The van der Waals surface area contributed by atoms with E-state index >= 15 is 0 Å². The van der Waals surface area contributed by atoms with Crippen LogP contribution >= 0.6 is 28.3 Å². The van der Waals surface area contributed by atoms with Gasteiger partial charge in [0.2, 0.25) is 5.91 Å². The average molecular weight is 350 g/mol. The van der Waals surface area contributed by atoms with Crippen molar-refractivity contribution in [1.29, 1.82) is 0 Å². The highest BCUT2D eigenvalue weighted by molar-refractivity contribution is 9.10. The number of nitrogens with one attached hydrogen (secondary N) is 1. The molecule has 0 aliphatic heterocycles. The van der Waals surface area contributed by atoms with Gasteiger partial charge in [0.25, 0.3) is 0 Å². The molecule has 6 heteroatoms. The fourth-order valence-electron chi connectivity index (χ4n) is 2.31. The van der Waals surface area contributed by atoms with Gasteiger partial charge in [0.1, 0.15) is 5.75 Å². The van der Waals surface area contributed by atoms with Crippen LogP contribution in [-0.2, 0) is 4.79 Å². The summed E-state index contributed by atoms with van der Waals surface area (Å²) in [4.78, 5) is 12.1. The van der Waals surface area contributed by atoms with Gasteiger partial charge in [-0.15, -0.1) is 12.4 Å². The number of aromatic hydroxyl groups is 1. The highest BCUT2D eigenvalue weighted by Crippen LogP contribution is 2.29. The molecule has 2 atom stereocenters. The van der Waals surface area contributed by atoms with Crippen molar-refractivity contribution < 1.29 is 9.90 Å². The molecule has 1 aliphatic carbocycles. The Kier molecular flexibility index (Phi) is 6.10. The summed E-state index contributed by atoms with van der Waals surface area (Å²) in [6.07, 6.45) is 3.57. The van der Waals surface area contributed by atoms with E-state index in [1.165, 1.54) is 0 Å². The number of phenols is 1. The van der Waals surface area contributed by atoms with E-state index < -0.39 is 0 Å². The van der Waals surface area contributed by atoms with Gasteiger partial charge in [0, 0.05) is 16.4 Å². The Morgan fingerprint density at radius 3 is 2.84 bits per heavy atom. The number of hydrogen-bond donors (Lipinski definition) is 3. The number of benzene rings is 1. The number of rotatable bonds is 2. The maximum absolute atomic E-state index is 12.1. The molecular formula is C13H18BrClN2O2. The zero-order valence-corrected chi connectivity index (χ0v) is 12.8. The number of carbonyl (C=O) groups is 1. The quantitative estimate of drug-likeness (QED) is 0.718. The van der Waals surface area contributed by atoms with E-state index in [1.54, 1.807) is 18.2 Å². The van der Waals surface area contributed by atoms with Gasteiger partial charge in [-0.1, -0.05) is 22.4 Å². The van der Waals surface area contributed by atoms with Gasteiger partial charge >= 0.3 is 0 Å². The second-order valence-corrected chi connectivity index (χ2v) is 5.69. The third-order valence-electron chi connectivity index (χ3n) is 3.30. The van der Waals surface area contributed by atoms with Crippen molar-refractivity contribution >= 4 is 39.9 Å². The summed E-state index contributed by atoms with van der Waals surface area (Å²) in [6.45, 7) is 0. The predicted octanol–water partition coefficient (Wildman–Crippen LogP) is 3.03. The van der Waals surface area contributed by atoms with Crippen LogP contribution in [0.2, 0.25) is 0 Å². The van der Waals surface area contributed by atoms with Gasteiger partial charge in [-0.2, -0.15) is 0 Å². The van der Waals surface area contributed by atoms with Crippen molar-refractivity contribution in [2.75, 3.05) is 5.32 Å². The number of halogens is 2. The minimum Gasteiger partial charge on any atom is -0.506 e. The molecule has 1 aliphatic rings. The van der Waals surface area contributed by atoms with Crippen molar-refractivity contribution in [3.8, 4) is 5.75 Å². The zero-order valence-electron chi connectivity index (χ0n) is 10.4. The van der Waals surface area contributed by atoms with E-state index in [2.05, 4.69) is 21.2 Å². The van der Waals surface area contributed by atoms with E-state index in [9.17, 15) is 9.90 Å². The smallest absolute Gasteiger partial charge is 0.227 e. The first-order valence-corrected chi connectivity index (χ1v) is 6.90. The van der Waals surface area contributed by atoms with Crippen LogP contribution in [-0.4, -0.2) is 17.1 Å². The molecule has 0 heterocycles. The monoisotopic (exact) mass is 348 g/mol. The Labute approximate surface area is 127 Å². The molecule has 4 nitrogen and oxygen atoms in total. The van der Waals surface area contributed by atoms with Crippen LogP contribution in [0.4, 0.5) is 5.69 Å². The molecule has 106 valence electrons. The molecule has 1 amide bonds. The molecule has 0 bridgehead atoms. The second-order valence-electron chi connectivity index (χ2n) is 4.77. The summed E-state index contributed by atoms with van der Waals surface area (Å²) < 4.78 is 0.816. The second kappa shape index (κ2) is 7.12. The topological polar surface area (TPSA) is 75.4 Å². The van der Waals surface area contributed by atoms with Gasteiger partial charge in [-0.3, -0.25) is 4.79 Å². The van der Waals surface area contributed by atoms with E-state index in [0.717, 1.165) is 30.2 Å². The Hall–Kier alpha value is -0.780. The van der Waals surface area contributed by atoms with Crippen LogP contribution in [0.25, 0.3) is 0 Å². The zero-order chi connectivity index (χ0) is 13.1. The molecule has 0 radical (unpaired) electrons. The molecule has 2 rings (SSSR count). The normalized spacial score (nSPS) is 22.4. The van der Waals surface area contributed by atoms with E-state index in [4.69, 9.17) is 5.73 Å². The van der Waals surface area contributed by atoms with Crippen molar-refractivity contribution in [1.82, 2.24) is 0 Å². The number of hydrogen-bond acceptors (Lipinski definition) is 3. The van der Waals surface area contributed by atoms with Crippen LogP contribution in [0.15, 0.2) is 22.7 Å². The maximum Gasteiger partial charge on any atom is 0.227 e. The van der Waals surface area contributed by atoms with Crippen LogP contribution in [0.3, 0.4) is 0 Å². The summed E-state index contributed by atoms with van der Waals surface area (Å²) in [5.41, 5.74) is 6.31. The Bertz CT molecular complexity index is 456. The lowest BCUT2D eigenvalue weighted by Crippen LogP contribution is -2.34. The highest BCUT2D eigenvalue weighted by Gasteiger charge is 2.25. The first kappa shape index (κ1) is 16.3. The lowest BCUT2D eigenvalue weighted by Gasteiger charge is -2.25. The van der Waals surface area contributed by atoms with Crippen LogP contribution in [0.5, 0.6) is 5.75 Å². The van der Waals surface area contributed by atoms with Crippen molar-refractivity contribution in [3.63, 3.8) is 0 Å². The van der Waals surface area contributed by atoms with Gasteiger partial charge < -0.3 is 16.2 Å². The average Bonchev–Trinajstić information content (AvgIpc) is 2.34. The van der Waals surface area contributed by atoms with Crippen molar-refractivity contribution in [3.05, 3.63) is 22.7 Å². The minimum atomic E-state index is -0.0569. The SMILES string of the molecule is Cl.NC1CCCC(C(=O)Nc2cc(Br)ccc2O)C1. The summed E-state index contributed by atoms with van der Waals surface area (Å²) in [6, 6.07) is 5.08. The molecule has 1 aromatic carbocycles. The van der Waals surface area contributed by atoms with Crippen molar-refractivity contribution in [2.24, 2.45) is 11.7 Å². The van der Waals surface area contributed by atoms with Gasteiger partial charge in [-0.25, -0.2) is 0 Å². The number of amides is 1. The largest absolute Gasteiger partial charge is 0.506 e. The third-order valence-corrected chi connectivity index (χ3v) is 3.80. The van der Waals surface area contributed by atoms with E-state index in [0.29, 0.717) is 5.69 Å². The Balaban J connectivity index is 0.00000180. The summed E-state index contributed by atoms with van der Waals surface area (Å²) >= 11 is 3.31. The van der Waals surface area contributed by atoms with E-state index in [-0.39, 0.29) is 36.0 Å². The van der Waals surface area contributed by atoms with Gasteiger partial charge in [-0.05, 0) is 37.5 Å². The molecule has 0 aromatic heterocycles. The van der Waals surface area contributed by atoms with Crippen LogP contribution < -0.4 is 11.1 Å². The highest BCUT2D eigenvalue weighted by atomic mass is 79.9. The summed E-state index contributed by atoms with van der Waals surface area (Å²) in [5.74, 6) is -0.0302. The standard InChI is InChI=1S/C13H17BrN2O2.ClH/c14-9-4-5-12(17)11(7-9)16-13(18)8-2-1-3-10(15)6-8;/h4-5,7-8,10,17H,1-3,6,15H2,(H,16,18);1H. The predicted molar refractivity (Wildman–Crippen MR) is 81.6 cm³/mol. The fourth-order valence-corrected chi connectivity index (χ4v) is 2.67. The minimum absolute atomic E-state index is 0. The number of nitrogens with two attached hydrogens (primary N) is 1. The summed E-state index contributed by atoms with van der Waals surface area (Å²) in [5, 5.41) is 12.4. The van der Waals surface area contributed by atoms with E-state index in [1.807, 2.05) is 0 Å². The summed E-state index contributed by atoms with van der Waals surface area (Å²) in [7, 11) is 0. The molecule has 0 saturated heterocycles. The Morgan fingerprint density at radius 1 is 1.42 bits per heavy atom. The van der Waals surface area contributed by atoms with Crippen LogP contribution in [0.1, 0.15) is 25.7 Å². The van der Waals surface area contributed by atoms with Gasteiger partial charge in [0.15, 0.2) is 0 Å². The lowest BCUT2D eigenvalue weighted by atomic mass is 9.85. The number of phenolic OH excluding ortho intramolecular Hbond substituents is 1. The molecule has 4 N–H and O–H groups in total. The fraction of sp³-hybridized carbons (Fsp3) is 0.462. The molecule has 1 fully saturated rings. The molecule has 2 unspecified atom stereocenters. The molecular weight excluding hydrogens is 332 g/mol. The van der Waals surface area contributed by atoms with Crippen molar-refractivity contribution in [2.45, 2.75) is 31.7 Å². The molecule has 19 heavy (non-hydrogen) atoms. The Morgan fingerprint density at radius 2 is 2.16 bits per heavy atom. The first-order chi connectivity index (χ1) is 8.56. The lowest BCUT2D eigenvalue weighted by molar-refractivity contribution is -0.120. The van der Waals surface area contributed by atoms with Gasteiger partial charge in [0.05, 0.1) is 5.69 Å².